The van der Waals surface area contributed by atoms with Crippen molar-refractivity contribution < 1.29 is 0 Å². The van der Waals surface area contributed by atoms with Crippen molar-refractivity contribution in [2.45, 2.75) is 18.7 Å². The minimum Gasteiger partial charge on any atom is -0.117 e. The molecule has 0 amide bonds. The molecule has 0 aliphatic carbocycles. The Kier molecular flexibility index (Phi) is 5.19. The van der Waals surface area contributed by atoms with E-state index in [0.717, 1.165) is 15.6 Å². The first kappa shape index (κ1) is 15.2. The van der Waals surface area contributed by atoms with E-state index in [2.05, 4.69) is 35.0 Å². The van der Waals surface area contributed by atoms with E-state index in [1.807, 2.05) is 18.2 Å². The van der Waals surface area contributed by atoms with E-state index < -0.39 is 0 Å². The van der Waals surface area contributed by atoms with E-state index in [1.165, 1.54) is 5.56 Å². The summed E-state index contributed by atoms with van der Waals surface area (Å²) < 4.78 is 1.03. The lowest BCUT2D eigenvalue weighted by atomic mass is 10.0. The summed E-state index contributed by atoms with van der Waals surface area (Å²) in [5.41, 5.74) is 3.36. The molecule has 2 aromatic carbocycles. The highest BCUT2D eigenvalue weighted by Gasteiger charge is 2.13. The smallest absolute Gasteiger partial charge is 0.0636 e. The minimum atomic E-state index is -0.105. The van der Waals surface area contributed by atoms with Crippen molar-refractivity contribution in [2.24, 2.45) is 0 Å². The largest absolute Gasteiger partial charge is 0.117 e. The summed E-state index contributed by atoms with van der Waals surface area (Å²) in [5.74, 6) is 0. The van der Waals surface area contributed by atoms with Crippen molar-refractivity contribution in [1.82, 2.24) is 0 Å². The molecule has 0 spiro atoms. The average Bonchev–Trinajstić information content (AvgIpc) is 2.36. The third-order valence-electron chi connectivity index (χ3n) is 2.89. The predicted octanol–water partition coefficient (Wildman–Crippen LogP) is 6.59. The summed E-state index contributed by atoms with van der Waals surface area (Å²) >= 11 is 22.0. The summed E-state index contributed by atoms with van der Waals surface area (Å²) in [5, 5.41) is 1.02. The number of benzene rings is 2. The summed E-state index contributed by atoms with van der Waals surface area (Å²) in [4.78, 5) is 0. The molecule has 0 radical (unpaired) electrons. The van der Waals surface area contributed by atoms with Crippen molar-refractivity contribution in [1.29, 1.82) is 0 Å². The Balaban J connectivity index is 2.22. The van der Waals surface area contributed by atoms with Crippen LogP contribution >= 0.6 is 50.7 Å². The van der Waals surface area contributed by atoms with E-state index in [-0.39, 0.29) is 5.38 Å². The molecule has 4 heteroatoms. The van der Waals surface area contributed by atoms with Crippen LogP contribution in [0.2, 0.25) is 10.0 Å². The van der Waals surface area contributed by atoms with Crippen LogP contribution in [0.25, 0.3) is 0 Å². The molecule has 0 aromatic heterocycles. The van der Waals surface area contributed by atoms with Gasteiger partial charge >= 0.3 is 0 Å². The van der Waals surface area contributed by atoms with Crippen LogP contribution in [0, 0.1) is 6.92 Å². The Morgan fingerprint density at radius 3 is 2.47 bits per heavy atom. The molecule has 0 fully saturated rings. The highest BCUT2D eigenvalue weighted by molar-refractivity contribution is 9.10. The SMILES string of the molecule is Cc1ccc(Br)c(C(Cl)Cc2ccc(Cl)c(Cl)c2)c1. The number of aryl methyl sites for hydroxylation is 1. The van der Waals surface area contributed by atoms with Gasteiger partial charge in [-0.3, -0.25) is 0 Å². The van der Waals surface area contributed by atoms with Gasteiger partial charge in [-0.2, -0.15) is 0 Å². The molecule has 100 valence electrons. The standard InChI is InChI=1S/C15H12BrCl3/c1-9-2-4-12(16)11(6-9)14(18)7-10-3-5-13(17)15(19)8-10/h2-6,8,14H,7H2,1H3. The molecule has 19 heavy (non-hydrogen) atoms. The van der Waals surface area contributed by atoms with Gasteiger partial charge in [0.05, 0.1) is 15.4 Å². The van der Waals surface area contributed by atoms with Gasteiger partial charge in [-0.1, -0.05) is 62.9 Å². The number of alkyl halides is 1. The molecular weight excluding hydrogens is 366 g/mol. The Labute approximate surface area is 136 Å². The molecule has 0 aliphatic heterocycles. The Morgan fingerprint density at radius 1 is 1.05 bits per heavy atom. The maximum absolute atomic E-state index is 6.50. The van der Waals surface area contributed by atoms with Crippen LogP contribution in [0.1, 0.15) is 22.1 Å². The molecule has 2 aromatic rings. The lowest BCUT2D eigenvalue weighted by Crippen LogP contribution is -1.98. The van der Waals surface area contributed by atoms with Gasteiger partial charge in [-0.15, -0.1) is 11.6 Å². The van der Waals surface area contributed by atoms with Gasteiger partial charge in [0.2, 0.25) is 0 Å². The van der Waals surface area contributed by atoms with E-state index in [9.17, 15) is 0 Å². The van der Waals surface area contributed by atoms with Crippen molar-refractivity contribution in [3.8, 4) is 0 Å². The number of hydrogen-bond acceptors (Lipinski definition) is 0. The zero-order chi connectivity index (χ0) is 14.0. The topological polar surface area (TPSA) is 0 Å². The van der Waals surface area contributed by atoms with E-state index in [1.54, 1.807) is 6.07 Å². The lowest BCUT2D eigenvalue weighted by molar-refractivity contribution is 0.912. The molecule has 0 bridgehead atoms. The molecule has 1 unspecified atom stereocenters. The van der Waals surface area contributed by atoms with Gasteiger partial charge in [-0.25, -0.2) is 0 Å². The highest BCUT2D eigenvalue weighted by Crippen LogP contribution is 2.33. The van der Waals surface area contributed by atoms with Crippen LogP contribution in [0.3, 0.4) is 0 Å². The Bertz CT molecular complexity index is 596. The first-order chi connectivity index (χ1) is 8.97. The highest BCUT2D eigenvalue weighted by atomic mass is 79.9. The predicted molar refractivity (Wildman–Crippen MR) is 87.6 cm³/mol. The molecule has 0 N–H and O–H groups in total. The minimum absolute atomic E-state index is 0.105. The second kappa shape index (κ2) is 6.49. The van der Waals surface area contributed by atoms with Crippen molar-refractivity contribution in [2.75, 3.05) is 0 Å². The number of rotatable bonds is 3. The second-order valence-corrected chi connectivity index (χ2v) is 6.64. The zero-order valence-electron chi connectivity index (χ0n) is 10.3. The number of hydrogen-bond donors (Lipinski definition) is 0. The van der Waals surface area contributed by atoms with Gasteiger partial charge < -0.3 is 0 Å². The monoisotopic (exact) mass is 376 g/mol. The Hall–Kier alpha value is -0.210. The molecule has 0 saturated carbocycles. The third kappa shape index (κ3) is 3.88. The molecule has 0 saturated heterocycles. The molecule has 2 rings (SSSR count). The van der Waals surface area contributed by atoms with Crippen LogP contribution in [0.4, 0.5) is 0 Å². The van der Waals surface area contributed by atoms with Crippen LogP contribution in [-0.4, -0.2) is 0 Å². The normalized spacial score (nSPS) is 12.5. The molecule has 0 heterocycles. The fourth-order valence-corrected chi connectivity index (χ4v) is 3.22. The van der Waals surface area contributed by atoms with Gasteiger partial charge in [0.15, 0.2) is 0 Å². The van der Waals surface area contributed by atoms with Crippen LogP contribution in [0.15, 0.2) is 40.9 Å². The molecule has 1 atom stereocenters. The quantitative estimate of drug-likeness (QED) is 0.529. The molecular formula is C15H12BrCl3. The zero-order valence-corrected chi connectivity index (χ0v) is 14.1. The van der Waals surface area contributed by atoms with Crippen molar-refractivity contribution >= 4 is 50.7 Å². The first-order valence-electron chi connectivity index (χ1n) is 5.81. The van der Waals surface area contributed by atoms with Crippen LogP contribution in [0.5, 0.6) is 0 Å². The maximum atomic E-state index is 6.50. The fourth-order valence-electron chi connectivity index (χ4n) is 1.89. The summed E-state index contributed by atoms with van der Waals surface area (Å²) in [7, 11) is 0. The van der Waals surface area contributed by atoms with E-state index >= 15 is 0 Å². The summed E-state index contributed by atoms with van der Waals surface area (Å²) in [6, 6.07) is 11.8. The molecule has 0 nitrogen and oxygen atoms in total. The van der Waals surface area contributed by atoms with Crippen molar-refractivity contribution in [3.05, 3.63) is 67.6 Å². The summed E-state index contributed by atoms with van der Waals surface area (Å²) in [6.45, 7) is 2.05. The summed E-state index contributed by atoms with van der Waals surface area (Å²) in [6.07, 6.45) is 0.709. The van der Waals surface area contributed by atoms with Crippen LogP contribution in [-0.2, 0) is 6.42 Å². The molecule has 0 aliphatic rings. The lowest BCUT2D eigenvalue weighted by Gasteiger charge is -2.13. The maximum Gasteiger partial charge on any atom is 0.0636 e. The van der Waals surface area contributed by atoms with Crippen LogP contribution < -0.4 is 0 Å². The Morgan fingerprint density at radius 2 is 1.79 bits per heavy atom. The van der Waals surface area contributed by atoms with Gasteiger partial charge in [-0.05, 0) is 42.7 Å². The van der Waals surface area contributed by atoms with E-state index in [0.29, 0.717) is 16.5 Å². The van der Waals surface area contributed by atoms with Crippen molar-refractivity contribution in [3.63, 3.8) is 0 Å². The second-order valence-electron chi connectivity index (χ2n) is 4.45. The fraction of sp³-hybridized carbons (Fsp3) is 0.200. The third-order valence-corrected chi connectivity index (χ3v) is 4.74. The van der Waals surface area contributed by atoms with E-state index in [4.69, 9.17) is 34.8 Å². The van der Waals surface area contributed by atoms with Gasteiger partial charge in [0.25, 0.3) is 0 Å². The number of halogens is 4. The first-order valence-corrected chi connectivity index (χ1v) is 7.80. The van der Waals surface area contributed by atoms with Gasteiger partial charge in [0, 0.05) is 4.47 Å². The van der Waals surface area contributed by atoms with Gasteiger partial charge in [0.1, 0.15) is 0 Å². The average molecular weight is 379 g/mol.